The van der Waals surface area contributed by atoms with Crippen LogP contribution in [0, 0.1) is 5.82 Å². The Morgan fingerprint density at radius 1 is 1.00 bits per heavy atom. The van der Waals surface area contributed by atoms with Crippen molar-refractivity contribution in [2.24, 2.45) is 0 Å². The van der Waals surface area contributed by atoms with Gasteiger partial charge >= 0.3 is 0 Å². The van der Waals surface area contributed by atoms with Gasteiger partial charge in [-0.2, -0.15) is 0 Å². The lowest BCUT2D eigenvalue weighted by Gasteiger charge is -2.13. The van der Waals surface area contributed by atoms with Crippen LogP contribution in [0.5, 0.6) is 5.75 Å². The highest BCUT2D eigenvalue weighted by Crippen LogP contribution is 2.29. The van der Waals surface area contributed by atoms with Gasteiger partial charge in [0, 0.05) is 22.5 Å². The van der Waals surface area contributed by atoms with Crippen molar-refractivity contribution >= 4 is 46.4 Å². The molecule has 3 rings (SSSR count). The maximum atomic E-state index is 14.0. The third-order valence-electron chi connectivity index (χ3n) is 3.87. The van der Waals surface area contributed by atoms with E-state index in [4.69, 9.17) is 27.9 Å². The number of aromatic nitrogens is 1. The number of ether oxygens (including phenoxy) is 1. The van der Waals surface area contributed by atoms with Crippen molar-refractivity contribution in [1.29, 1.82) is 0 Å². The molecule has 1 aromatic heterocycles. The van der Waals surface area contributed by atoms with Crippen LogP contribution in [0.25, 0.3) is 0 Å². The van der Waals surface area contributed by atoms with E-state index in [9.17, 15) is 14.0 Å². The van der Waals surface area contributed by atoms with Crippen molar-refractivity contribution in [3.05, 3.63) is 81.8 Å². The minimum absolute atomic E-state index is 0.178. The molecule has 0 saturated heterocycles. The van der Waals surface area contributed by atoms with Gasteiger partial charge in [-0.3, -0.25) is 9.59 Å². The van der Waals surface area contributed by atoms with Gasteiger partial charge in [0.05, 0.1) is 18.4 Å². The fourth-order valence-electron chi connectivity index (χ4n) is 2.49. The molecule has 0 saturated carbocycles. The fraction of sp³-hybridized carbons (Fsp3) is 0.0500. The van der Waals surface area contributed by atoms with Gasteiger partial charge in [-0.25, -0.2) is 9.37 Å². The summed E-state index contributed by atoms with van der Waals surface area (Å²) < 4.78 is 19.2. The van der Waals surface area contributed by atoms with Gasteiger partial charge in [-0.15, -0.1) is 0 Å². The topological polar surface area (TPSA) is 80.3 Å². The predicted octanol–water partition coefficient (Wildman–Crippen LogP) is 5.04. The van der Waals surface area contributed by atoms with E-state index < -0.39 is 17.6 Å². The van der Waals surface area contributed by atoms with Crippen LogP contribution in [0.15, 0.2) is 54.7 Å². The molecule has 0 unspecified atom stereocenters. The highest BCUT2D eigenvalue weighted by atomic mass is 35.5. The van der Waals surface area contributed by atoms with Gasteiger partial charge in [0.25, 0.3) is 11.8 Å². The second-order valence-corrected chi connectivity index (χ2v) is 6.64. The Morgan fingerprint density at radius 3 is 2.48 bits per heavy atom. The van der Waals surface area contributed by atoms with E-state index in [0.717, 1.165) is 6.07 Å². The number of rotatable bonds is 5. The van der Waals surface area contributed by atoms with Crippen LogP contribution >= 0.6 is 23.2 Å². The second-order valence-electron chi connectivity index (χ2n) is 5.81. The molecular weight excluding hydrogens is 420 g/mol. The SMILES string of the molecule is COc1ccc(NC(=O)c2ccnc(Cl)c2)cc1NC(=O)c1ccc(Cl)cc1F. The molecule has 2 aromatic carbocycles. The summed E-state index contributed by atoms with van der Waals surface area (Å²) >= 11 is 11.5. The van der Waals surface area contributed by atoms with Gasteiger partial charge in [0.2, 0.25) is 0 Å². The Kier molecular flexibility index (Phi) is 6.31. The molecule has 0 bridgehead atoms. The summed E-state index contributed by atoms with van der Waals surface area (Å²) in [6.45, 7) is 0. The summed E-state index contributed by atoms with van der Waals surface area (Å²) in [7, 11) is 1.42. The Morgan fingerprint density at radius 2 is 1.79 bits per heavy atom. The van der Waals surface area contributed by atoms with Gasteiger partial charge in [0.15, 0.2) is 0 Å². The van der Waals surface area contributed by atoms with E-state index in [1.54, 1.807) is 12.1 Å². The van der Waals surface area contributed by atoms with E-state index in [1.165, 1.54) is 43.6 Å². The number of amides is 2. The molecular formula is C20H14Cl2FN3O3. The molecule has 2 N–H and O–H groups in total. The molecule has 0 aliphatic carbocycles. The minimum atomic E-state index is -0.756. The molecule has 148 valence electrons. The zero-order valence-electron chi connectivity index (χ0n) is 15.0. The standard InChI is InChI=1S/C20H14Cl2FN3O3/c1-29-17-5-3-13(25-19(27)11-6-7-24-18(22)8-11)10-16(17)26-20(28)14-4-2-12(21)9-15(14)23/h2-10H,1H3,(H,25,27)(H,26,28). The monoisotopic (exact) mass is 433 g/mol. The first-order valence-corrected chi connectivity index (χ1v) is 9.00. The number of pyridine rings is 1. The Hall–Kier alpha value is -3.16. The summed E-state index contributed by atoms with van der Waals surface area (Å²) in [5, 5.41) is 5.62. The maximum absolute atomic E-state index is 14.0. The summed E-state index contributed by atoms with van der Waals surface area (Å²) in [6.07, 6.45) is 1.41. The van der Waals surface area contributed by atoms with E-state index in [-0.39, 0.29) is 21.4 Å². The number of nitrogens with zero attached hydrogens (tertiary/aromatic N) is 1. The van der Waals surface area contributed by atoms with Crippen LogP contribution in [0.2, 0.25) is 10.2 Å². The number of hydrogen-bond acceptors (Lipinski definition) is 4. The van der Waals surface area contributed by atoms with Crippen molar-refractivity contribution in [3.63, 3.8) is 0 Å². The van der Waals surface area contributed by atoms with Crippen LogP contribution in [0.3, 0.4) is 0 Å². The van der Waals surface area contributed by atoms with E-state index in [1.807, 2.05) is 0 Å². The zero-order chi connectivity index (χ0) is 21.0. The average Bonchev–Trinajstić information content (AvgIpc) is 2.68. The quantitative estimate of drug-likeness (QED) is 0.552. The molecule has 0 atom stereocenters. The van der Waals surface area contributed by atoms with Gasteiger partial charge in [-0.1, -0.05) is 23.2 Å². The molecule has 0 aliphatic heterocycles. The summed E-state index contributed by atoms with van der Waals surface area (Å²) in [6, 6.07) is 11.3. The second kappa shape index (κ2) is 8.89. The first-order valence-electron chi connectivity index (χ1n) is 8.24. The number of hydrogen-bond donors (Lipinski definition) is 2. The molecule has 0 fully saturated rings. The Labute approximate surface area is 175 Å². The van der Waals surface area contributed by atoms with Crippen LogP contribution < -0.4 is 15.4 Å². The molecule has 3 aromatic rings. The number of nitrogens with one attached hydrogen (secondary N) is 2. The van der Waals surface area contributed by atoms with Gasteiger partial charge < -0.3 is 15.4 Å². The molecule has 9 heteroatoms. The van der Waals surface area contributed by atoms with Crippen molar-refractivity contribution in [1.82, 2.24) is 4.98 Å². The number of carbonyl (C=O) groups is 2. The molecule has 0 spiro atoms. The maximum Gasteiger partial charge on any atom is 0.258 e. The van der Waals surface area contributed by atoms with Crippen molar-refractivity contribution in [3.8, 4) is 5.75 Å². The Bertz CT molecular complexity index is 1090. The summed E-state index contributed by atoms with van der Waals surface area (Å²) in [5.41, 5.74) is 0.764. The van der Waals surface area contributed by atoms with Crippen molar-refractivity contribution in [2.45, 2.75) is 0 Å². The first-order chi connectivity index (χ1) is 13.9. The van der Waals surface area contributed by atoms with E-state index in [2.05, 4.69) is 15.6 Å². The highest BCUT2D eigenvalue weighted by Gasteiger charge is 2.16. The Balaban J connectivity index is 1.83. The predicted molar refractivity (Wildman–Crippen MR) is 110 cm³/mol. The molecule has 29 heavy (non-hydrogen) atoms. The lowest BCUT2D eigenvalue weighted by atomic mass is 10.1. The normalized spacial score (nSPS) is 10.3. The minimum Gasteiger partial charge on any atom is -0.495 e. The zero-order valence-corrected chi connectivity index (χ0v) is 16.5. The third kappa shape index (κ3) is 5.01. The molecule has 0 radical (unpaired) electrons. The number of halogens is 3. The summed E-state index contributed by atoms with van der Waals surface area (Å²) in [4.78, 5) is 28.6. The average molecular weight is 434 g/mol. The molecule has 1 heterocycles. The van der Waals surface area contributed by atoms with Crippen LogP contribution in [-0.4, -0.2) is 23.9 Å². The van der Waals surface area contributed by atoms with Crippen LogP contribution in [-0.2, 0) is 0 Å². The van der Waals surface area contributed by atoms with Crippen molar-refractivity contribution < 1.29 is 18.7 Å². The van der Waals surface area contributed by atoms with E-state index >= 15 is 0 Å². The largest absolute Gasteiger partial charge is 0.495 e. The smallest absolute Gasteiger partial charge is 0.258 e. The summed E-state index contributed by atoms with van der Waals surface area (Å²) in [5.74, 6) is -1.53. The third-order valence-corrected chi connectivity index (χ3v) is 4.31. The molecule has 6 nitrogen and oxygen atoms in total. The van der Waals surface area contributed by atoms with Gasteiger partial charge in [0.1, 0.15) is 16.7 Å². The molecule has 0 aliphatic rings. The van der Waals surface area contributed by atoms with Crippen LogP contribution in [0.1, 0.15) is 20.7 Å². The first kappa shape index (κ1) is 20.6. The van der Waals surface area contributed by atoms with E-state index in [0.29, 0.717) is 17.0 Å². The number of carbonyl (C=O) groups excluding carboxylic acids is 2. The lowest BCUT2D eigenvalue weighted by Crippen LogP contribution is -2.15. The van der Waals surface area contributed by atoms with Gasteiger partial charge in [-0.05, 0) is 48.5 Å². The van der Waals surface area contributed by atoms with Crippen molar-refractivity contribution in [2.75, 3.05) is 17.7 Å². The number of anilines is 2. The van der Waals surface area contributed by atoms with Crippen LogP contribution in [0.4, 0.5) is 15.8 Å². The number of methoxy groups -OCH3 is 1. The fourth-order valence-corrected chi connectivity index (χ4v) is 2.83. The number of benzene rings is 2. The highest BCUT2D eigenvalue weighted by molar-refractivity contribution is 6.30. The lowest BCUT2D eigenvalue weighted by molar-refractivity contribution is 0.101. The molecule has 2 amide bonds.